The van der Waals surface area contributed by atoms with Crippen LogP contribution in [0.4, 0.5) is 13.2 Å². The Morgan fingerprint density at radius 3 is 2.83 bits per heavy atom. The van der Waals surface area contributed by atoms with Crippen LogP contribution in [0.15, 0.2) is 24.3 Å². The van der Waals surface area contributed by atoms with Crippen molar-refractivity contribution in [2.45, 2.75) is 37.3 Å². The fraction of sp³-hybridized carbons (Fsp3) is 0.533. The van der Waals surface area contributed by atoms with Crippen molar-refractivity contribution in [2.75, 3.05) is 13.2 Å². The van der Waals surface area contributed by atoms with E-state index < -0.39 is 29.9 Å². The quantitative estimate of drug-likeness (QED) is 0.837. The standard InChI is InChI=1S/C15H16F3NO4/c1-2-22-13(20)12-14(21,15(16,17)18)11-10-6-4-3-5-9(10)7-8-19(11)23-12/h3-6,11-12,21H,2,7-8H2,1H3/t11-,12+,14-/m1/s1. The molecule has 2 aliphatic rings. The molecule has 1 aromatic carbocycles. The third-order valence-corrected chi connectivity index (χ3v) is 4.25. The number of ether oxygens (including phenoxy) is 1. The molecule has 2 aliphatic heterocycles. The number of hydroxylamine groups is 2. The SMILES string of the molecule is CCOC(=O)[C@@H]1ON2CCc3ccccc3[C@@H]2[C@]1(O)C(F)(F)F. The zero-order valence-electron chi connectivity index (χ0n) is 12.3. The normalized spacial score (nSPS) is 30.7. The predicted molar refractivity (Wildman–Crippen MR) is 72.1 cm³/mol. The lowest BCUT2D eigenvalue weighted by molar-refractivity contribution is -0.278. The maximum absolute atomic E-state index is 13.7. The Morgan fingerprint density at radius 1 is 1.48 bits per heavy atom. The summed E-state index contributed by atoms with van der Waals surface area (Å²) in [5.41, 5.74) is -2.36. The molecule has 0 aliphatic carbocycles. The molecule has 2 heterocycles. The third kappa shape index (κ3) is 2.32. The van der Waals surface area contributed by atoms with Gasteiger partial charge in [-0.25, -0.2) is 4.79 Å². The summed E-state index contributed by atoms with van der Waals surface area (Å²) in [6.07, 6.45) is -6.73. The van der Waals surface area contributed by atoms with E-state index in [1.54, 1.807) is 18.2 Å². The highest BCUT2D eigenvalue weighted by atomic mass is 19.4. The fourth-order valence-electron chi connectivity index (χ4n) is 3.22. The summed E-state index contributed by atoms with van der Waals surface area (Å²) in [5.74, 6) is -1.22. The van der Waals surface area contributed by atoms with Crippen molar-refractivity contribution in [1.82, 2.24) is 5.06 Å². The Labute approximate surface area is 130 Å². The molecule has 1 N–H and O–H groups in total. The van der Waals surface area contributed by atoms with E-state index in [4.69, 9.17) is 4.84 Å². The number of carbonyl (C=O) groups excluding carboxylic acids is 1. The highest BCUT2D eigenvalue weighted by molar-refractivity contribution is 5.77. The fourth-order valence-corrected chi connectivity index (χ4v) is 3.22. The molecule has 126 valence electrons. The van der Waals surface area contributed by atoms with Gasteiger partial charge < -0.3 is 9.84 Å². The Hall–Kier alpha value is -1.64. The van der Waals surface area contributed by atoms with Crippen molar-refractivity contribution >= 4 is 5.97 Å². The Morgan fingerprint density at radius 2 is 2.17 bits per heavy atom. The molecular weight excluding hydrogens is 315 g/mol. The van der Waals surface area contributed by atoms with E-state index in [0.29, 0.717) is 17.5 Å². The number of rotatable bonds is 2. The predicted octanol–water partition coefficient (Wildman–Crippen LogP) is 1.76. The van der Waals surface area contributed by atoms with Gasteiger partial charge in [-0.2, -0.15) is 18.2 Å². The summed E-state index contributed by atoms with van der Waals surface area (Å²) in [5, 5.41) is 11.6. The molecule has 0 unspecified atom stereocenters. The van der Waals surface area contributed by atoms with Crippen LogP contribution in [0, 0.1) is 0 Å². The van der Waals surface area contributed by atoms with Gasteiger partial charge in [-0.3, -0.25) is 4.84 Å². The lowest BCUT2D eigenvalue weighted by Crippen LogP contribution is -2.58. The number of hydrogen-bond donors (Lipinski definition) is 1. The average molecular weight is 331 g/mol. The van der Waals surface area contributed by atoms with E-state index in [1.165, 1.54) is 13.0 Å². The van der Waals surface area contributed by atoms with Gasteiger partial charge in [0, 0.05) is 6.54 Å². The molecule has 3 atom stereocenters. The van der Waals surface area contributed by atoms with Crippen LogP contribution in [-0.2, 0) is 20.8 Å². The molecule has 5 nitrogen and oxygen atoms in total. The Balaban J connectivity index is 2.11. The number of aliphatic hydroxyl groups is 1. The first-order valence-corrected chi connectivity index (χ1v) is 7.27. The van der Waals surface area contributed by atoms with Gasteiger partial charge in [0.25, 0.3) is 0 Å². The van der Waals surface area contributed by atoms with Crippen LogP contribution in [0.1, 0.15) is 24.1 Å². The highest BCUT2D eigenvalue weighted by Crippen LogP contribution is 2.53. The molecule has 0 aromatic heterocycles. The second-order valence-corrected chi connectivity index (χ2v) is 5.55. The first-order valence-electron chi connectivity index (χ1n) is 7.27. The van der Waals surface area contributed by atoms with Gasteiger partial charge in [0.1, 0.15) is 6.04 Å². The van der Waals surface area contributed by atoms with E-state index in [1.807, 2.05) is 0 Å². The number of benzene rings is 1. The molecule has 0 spiro atoms. The monoisotopic (exact) mass is 331 g/mol. The van der Waals surface area contributed by atoms with Crippen molar-refractivity contribution in [3.05, 3.63) is 35.4 Å². The van der Waals surface area contributed by atoms with Crippen LogP contribution in [-0.4, -0.2) is 47.2 Å². The minimum atomic E-state index is -5.06. The van der Waals surface area contributed by atoms with Crippen molar-refractivity contribution < 1.29 is 32.6 Å². The topological polar surface area (TPSA) is 59.0 Å². The van der Waals surface area contributed by atoms with Crippen LogP contribution in [0.2, 0.25) is 0 Å². The lowest BCUT2D eigenvalue weighted by atomic mass is 9.80. The molecule has 0 saturated carbocycles. The molecule has 1 fully saturated rings. The second-order valence-electron chi connectivity index (χ2n) is 5.55. The summed E-state index contributed by atoms with van der Waals surface area (Å²) < 4.78 is 45.7. The minimum Gasteiger partial charge on any atom is -0.464 e. The number of carbonyl (C=O) groups is 1. The molecule has 1 saturated heterocycles. The van der Waals surface area contributed by atoms with Gasteiger partial charge in [-0.05, 0) is 24.5 Å². The summed E-state index contributed by atoms with van der Waals surface area (Å²) in [4.78, 5) is 17.1. The maximum Gasteiger partial charge on any atom is 0.422 e. The molecular formula is C15H16F3NO4. The van der Waals surface area contributed by atoms with Gasteiger partial charge in [-0.1, -0.05) is 24.3 Å². The smallest absolute Gasteiger partial charge is 0.422 e. The number of alkyl halides is 3. The first-order chi connectivity index (χ1) is 10.8. The van der Waals surface area contributed by atoms with Crippen LogP contribution in [0.3, 0.4) is 0 Å². The Kier molecular flexibility index (Phi) is 3.86. The number of halogens is 3. The Bertz CT molecular complexity index is 621. The number of fused-ring (bicyclic) bond motifs is 3. The molecule has 8 heteroatoms. The van der Waals surface area contributed by atoms with Crippen molar-refractivity contribution in [3.8, 4) is 0 Å². The number of esters is 1. The first kappa shape index (κ1) is 16.2. The summed E-state index contributed by atoms with van der Waals surface area (Å²) in [6.45, 7) is 1.52. The van der Waals surface area contributed by atoms with Crippen molar-refractivity contribution in [3.63, 3.8) is 0 Å². The largest absolute Gasteiger partial charge is 0.464 e. The van der Waals surface area contributed by atoms with E-state index in [9.17, 15) is 23.1 Å². The van der Waals surface area contributed by atoms with Gasteiger partial charge in [0.05, 0.1) is 6.61 Å². The average Bonchev–Trinajstić information content (AvgIpc) is 2.82. The molecule has 1 aromatic rings. The van der Waals surface area contributed by atoms with Crippen LogP contribution in [0.5, 0.6) is 0 Å². The maximum atomic E-state index is 13.7. The van der Waals surface area contributed by atoms with Gasteiger partial charge in [0.15, 0.2) is 0 Å². The summed E-state index contributed by atoms with van der Waals surface area (Å²) >= 11 is 0. The van der Waals surface area contributed by atoms with E-state index in [2.05, 4.69) is 4.74 Å². The zero-order chi connectivity index (χ0) is 16.8. The molecule has 0 radical (unpaired) electrons. The molecule has 0 bridgehead atoms. The third-order valence-electron chi connectivity index (χ3n) is 4.25. The number of hydrogen-bond acceptors (Lipinski definition) is 5. The summed E-state index contributed by atoms with van der Waals surface area (Å²) in [6, 6.07) is 5.04. The van der Waals surface area contributed by atoms with Crippen molar-refractivity contribution in [1.29, 1.82) is 0 Å². The van der Waals surface area contributed by atoms with Crippen LogP contribution >= 0.6 is 0 Å². The second kappa shape index (κ2) is 5.47. The molecule has 23 heavy (non-hydrogen) atoms. The van der Waals surface area contributed by atoms with E-state index in [-0.39, 0.29) is 13.2 Å². The highest BCUT2D eigenvalue weighted by Gasteiger charge is 2.73. The van der Waals surface area contributed by atoms with Crippen LogP contribution < -0.4 is 0 Å². The summed E-state index contributed by atoms with van der Waals surface area (Å²) in [7, 11) is 0. The van der Waals surface area contributed by atoms with Gasteiger partial charge >= 0.3 is 12.1 Å². The van der Waals surface area contributed by atoms with Gasteiger partial charge in [0.2, 0.25) is 11.7 Å². The number of nitrogens with zero attached hydrogens (tertiary/aromatic N) is 1. The van der Waals surface area contributed by atoms with E-state index in [0.717, 1.165) is 5.06 Å². The molecule has 0 amide bonds. The lowest BCUT2D eigenvalue weighted by Gasteiger charge is -2.37. The zero-order valence-corrected chi connectivity index (χ0v) is 12.3. The molecule has 3 rings (SSSR count). The minimum absolute atomic E-state index is 0.103. The van der Waals surface area contributed by atoms with E-state index >= 15 is 0 Å². The van der Waals surface area contributed by atoms with Gasteiger partial charge in [-0.15, -0.1) is 0 Å². The van der Waals surface area contributed by atoms with Crippen LogP contribution in [0.25, 0.3) is 0 Å². The van der Waals surface area contributed by atoms with Crippen molar-refractivity contribution in [2.24, 2.45) is 0 Å².